The largest absolute Gasteiger partial charge is 0.444 e. The molecule has 128 valence electrons. The maximum atomic E-state index is 13.1. The number of carbonyl (C=O) groups is 1. The summed E-state index contributed by atoms with van der Waals surface area (Å²) in [6, 6.07) is 4.90. The highest BCUT2D eigenvalue weighted by Gasteiger charge is 2.27. The highest BCUT2D eigenvalue weighted by atomic mass is 79.9. The van der Waals surface area contributed by atoms with Gasteiger partial charge in [0.25, 0.3) is 0 Å². The molecule has 1 heterocycles. The monoisotopic (exact) mass is 386 g/mol. The number of nitrogens with one attached hydrogen (secondary N) is 1. The number of amides is 1. The van der Waals surface area contributed by atoms with Gasteiger partial charge in [0, 0.05) is 30.1 Å². The summed E-state index contributed by atoms with van der Waals surface area (Å²) < 4.78 is 19.3. The number of ether oxygens (including phenoxy) is 1. The third kappa shape index (κ3) is 5.77. The van der Waals surface area contributed by atoms with Crippen molar-refractivity contribution in [3.05, 3.63) is 34.1 Å². The Hall–Kier alpha value is -1.14. The Balaban J connectivity index is 1.87. The van der Waals surface area contributed by atoms with E-state index < -0.39 is 5.60 Å². The van der Waals surface area contributed by atoms with E-state index >= 15 is 0 Å². The standard InChI is InChI=1S/C17H24BrFN2O2/c1-17(2,3)23-16(22)21-8-4-5-14(11-21)20-10-12-6-7-13(19)9-15(12)18/h6-7,9,14,20H,4-5,8,10-11H2,1-3H3. The molecule has 0 spiro atoms. The fourth-order valence-corrected chi connectivity index (χ4v) is 3.05. The molecule has 2 rings (SSSR count). The molecule has 0 radical (unpaired) electrons. The van der Waals surface area contributed by atoms with Gasteiger partial charge in [-0.05, 0) is 51.3 Å². The molecule has 1 fully saturated rings. The van der Waals surface area contributed by atoms with E-state index in [4.69, 9.17) is 4.74 Å². The summed E-state index contributed by atoms with van der Waals surface area (Å²) in [6.07, 6.45) is 1.70. The van der Waals surface area contributed by atoms with Crippen molar-refractivity contribution in [2.45, 2.75) is 51.8 Å². The van der Waals surface area contributed by atoms with E-state index in [0.29, 0.717) is 13.1 Å². The van der Waals surface area contributed by atoms with Gasteiger partial charge in [0.1, 0.15) is 11.4 Å². The lowest BCUT2D eigenvalue weighted by atomic mass is 10.1. The van der Waals surface area contributed by atoms with Gasteiger partial charge in [-0.1, -0.05) is 22.0 Å². The van der Waals surface area contributed by atoms with Crippen molar-refractivity contribution in [1.82, 2.24) is 10.2 Å². The maximum absolute atomic E-state index is 13.1. The SMILES string of the molecule is CC(C)(C)OC(=O)N1CCCC(NCc2ccc(F)cc2Br)C1. The molecule has 1 aliphatic rings. The molecule has 1 aromatic carbocycles. The average Bonchev–Trinajstić information content (AvgIpc) is 2.45. The van der Waals surface area contributed by atoms with E-state index in [9.17, 15) is 9.18 Å². The van der Waals surface area contributed by atoms with E-state index in [1.54, 1.807) is 11.0 Å². The van der Waals surface area contributed by atoms with E-state index in [1.165, 1.54) is 12.1 Å². The van der Waals surface area contributed by atoms with Crippen LogP contribution in [0, 0.1) is 5.82 Å². The Kier molecular flexibility index (Phi) is 6.03. The van der Waals surface area contributed by atoms with Gasteiger partial charge in [0.2, 0.25) is 0 Å². The molecule has 1 aliphatic heterocycles. The van der Waals surface area contributed by atoms with Crippen molar-refractivity contribution in [3.63, 3.8) is 0 Å². The summed E-state index contributed by atoms with van der Waals surface area (Å²) in [4.78, 5) is 13.9. The second-order valence-electron chi connectivity index (χ2n) is 6.88. The Morgan fingerprint density at radius 2 is 2.22 bits per heavy atom. The Labute approximate surface area is 145 Å². The molecule has 0 aromatic heterocycles. The first kappa shape index (κ1) is 18.2. The van der Waals surface area contributed by atoms with Crippen LogP contribution in [0.25, 0.3) is 0 Å². The van der Waals surface area contributed by atoms with Gasteiger partial charge in [0.15, 0.2) is 0 Å². The van der Waals surface area contributed by atoms with Gasteiger partial charge in [0.05, 0.1) is 0 Å². The fraction of sp³-hybridized carbons (Fsp3) is 0.588. The molecule has 23 heavy (non-hydrogen) atoms. The highest BCUT2D eigenvalue weighted by Crippen LogP contribution is 2.19. The van der Waals surface area contributed by atoms with Crippen molar-refractivity contribution >= 4 is 22.0 Å². The molecular weight excluding hydrogens is 363 g/mol. The zero-order valence-electron chi connectivity index (χ0n) is 13.9. The van der Waals surface area contributed by atoms with Gasteiger partial charge in [-0.3, -0.25) is 0 Å². The van der Waals surface area contributed by atoms with Crippen molar-refractivity contribution < 1.29 is 13.9 Å². The summed E-state index contributed by atoms with van der Waals surface area (Å²) >= 11 is 3.38. The summed E-state index contributed by atoms with van der Waals surface area (Å²) in [5.41, 5.74) is 0.525. The number of rotatable bonds is 3. The number of piperidine rings is 1. The van der Waals surface area contributed by atoms with Crippen LogP contribution in [-0.2, 0) is 11.3 Å². The third-order valence-corrected chi connectivity index (χ3v) is 4.41. The molecule has 1 N–H and O–H groups in total. The van der Waals surface area contributed by atoms with Crippen LogP contribution in [0.2, 0.25) is 0 Å². The second kappa shape index (κ2) is 7.62. The lowest BCUT2D eigenvalue weighted by Gasteiger charge is -2.34. The van der Waals surface area contributed by atoms with Crippen LogP contribution in [0.15, 0.2) is 22.7 Å². The zero-order chi connectivity index (χ0) is 17.0. The Morgan fingerprint density at radius 1 is 1.48 bits per heavy atom. The normalized spacial score (nSPS) is 18.8. The minimum atomic E-state index is -0.476. The minimum Gasteiger partial charge on any atom is -0.444 e. The van der Waals surface area contributed by atoms with E-state index in [1.807, 2.05) is 20.8 Å². The van der Waals surface area contributed by atoms with E-state index in [-0.39, 0.29) is 18.0 Å². The molecule has 6 heteroatoms. The number of carbonyl (C=O) groups excluding carboxylic acids is 1. The van der Waals surface area contributed by atoms with Gasteiger partial charge in [-0.15, -0.1) is 0 Å². The summed E-state index contributed by atoms with van der Waals surface area (Å²) in [5.74, 6) is -0.255. The van der Waals surface area contributed by atoms with Gasteiger partial charge < -0.3 is 15.0 Å². The first-order valence-corrected chi connectivity index (χ1v) is 8.69. The first-order valence-electron chi connectivity index (χ1n) is 7.90. The Morgan fingerprint density at radius 3 is 2.87 bits per heavy atom. The summed E-state index contributed by atoms with van der Waals surface area (Å²) in [5, 5.41) is 3.44. The predicted octanol–water partition coefficient (Wildman–Crippen LogP) is 4.08. The summed E-state index contributed by atoms with van der Waals surface area (Å²) in [6.45, 7) is 7.61. The van der Waals surface area contributed by atoms with Gasteiger partial charge >= 0.3 is 6.09 Å². The zero-order valence-corrected chi connectivity index (χ0v) is 15.5. The van der Waals surface area contributed by atoms with Crippen molar-refractivity contribution in [2.24, 2.45) is 0 Å². The van der Waals surface area contributed by atoms with E-state index in [0.717, 1.165) is 29.4 Å². The summed E-state index contributed by atoms with van der Waals surface area (Å²) in [7, 11) is 0. The van der Waals surface area contributed by atoms with Crippen LogP contribution < -0.4 is 5.32 Å². The number of nitrogens with zero attached hydrogens (tertiary/aromatic N) is 1. The predicted molar refractivity (Wildman–Crippen MR) is 91.8 cm³/mol. The topological polar surface area (TPSA) is 41.6 Å². The van der Waals surface area contributed by atoms with Gasteiger partial charge in [-0.2, -0.15) is 0 Å². The lowest BCUT2D eigenvalue weighted by Crippen LogP contribution is -2.49. The second-order valence-corrected chi connectivity index (χ2v) is 7.74. The number of hydrogen-bond donors (Lipinski definition) is 1. The molecule has 1 aromatic rings. The van der Waals surface area contributed by atoms with Crippen LogP contribution in [-0.4, -0.2) is 35.7 Å². The smallest absolute Gasteiger partial charge is 0.410 e. The number of likely N-dealkylation sites (tertiary alicyclic amines) is 1. The Bertz CT molecular complexity index is 560. The van der Waals surface area contributed by atoms with Crippen molar-refractivity contribution in [1.29, 1.82) is 0 Å². The van der Waals surface area contributed by atoms with E-state index in [2.05, 4.69) is 21.2 Å². The first-order chi connectivity index (χ1) is 10.7. The van der Waals surface area contributed by atoms with Crippen LogP contribution in [0.3, 0.4) is 0 Å². The number of benzene rings is 1. The molecule has 1 amide bonds. The number of halogens is 2. The number of hydrogen-bond acceptors (Lipinski definition) is 3. The molecular formula is C17H24BrFN2O2. The third-order valence-electron chi connectivity index (χ3n) is 3.67. The van der Waals surface area contributed by atoms with Crippen LogP contribution in [0.1, 0.15) is 39.2 Å². The van der Waals surface area contributed by atoms with Crippen LogP contribution in [0.5, 0.6) is 0 Å². The van der Waals surface area contributed by atoms with Crippen molar-refractivity contribution in [2.75, 3.05) is 13.1 Å². The molecule has 0 bridgehead atoms. The fourth-order valence-electron chi connectivity index (χ4n) is 2.56. The van der Waals surface area contributed by atoms with Crippen molar-refractivity contribution in [3.8, 4) is 0 Å². The molecule has 0 saturated carbocycles. The highest BCUT2D eigenvalue weighted by molar-refractivity contribution is 9.10. The molecule has 0 aliphatic carbocycles. The quantitative estimate of drug-likeness (QED) is 0.850. The molecule has 1 saturated heterocycles. The average molecular weight is 387 g/mol. The minimum absolute atomic E-state index is 0.216. The molecule has 1 atom stereocenters. The van der Waals surface area contributed by atoms with Crippen LogP contribution in [0.4, 0.5) is 9.18 Å². The molecule has 1 unspecified atom stereocenters. The maximum Gasteiger partial charge on any atom is 0.410 e. The lowest BCUT2D eigenvalue weighted by molar-refractivity contribution is 0.0187. The van der Waals surface area contributed by atoms with Crippen LogP contribution >= 0.6 is 15.9 Å². The molecule has 4 nitrogen and oxygen atoms in total. The van der Waals surface area contributed by atoms with Gasteiger partial charge in [-0.25, -0.2) is 9.18 Å².